The molecule has 2 unspecified atom stereocenters. The summed E-state index contributed by atoms with van der Waals surface area (Å²) in [5.74, 6) is 2.51. The van der Waals surface area contributed by atoms with E-state index in [9.17, 15) is 0 Å². The Bertz CT molecular complexity index is 192. The van der Waals surface area contributed by atoms with E-state index >= 15 is 0 Å². The van der Waals surface area contributed by atoms with E-state index in [0.717, 1.165) is 19.1 Å². The lowest BCUT2D eigenvalue weighted by Crippen LogP contribution is -2.46. The third-order valence-corrected chi connectivity index (χ3v) is 7.28. The Hall–Kier alpha value is 0.487. The van der Waals surface area contributed by atoms with Crippen molar-refractivity contribution in [1.82, 2.24) is 0 Å². The second-order valence-electron chi connectivity index (χ2n) is 4.77. The van der Waals surface area contributed by atoms with Crippen LogP contribution in [0.2, 0.25) is 12.6 Å². The molecule has 1 saturated heterocycles. The zero-order valence-corrected chi connectivity index (χ0v) is 12.8. The lowest BCUT2D eigenvalue weighted by molar-refractivity contribution is 0.0613. The van der Waals surface area contributed by atoms with Gasteiger partial charge in [0.1, 0.15) is 0 Å². The summed E-state index contributed by atoms with van der Waals surface area (Å²) in [4.78, 5) is 0. The van der Waals surface area contributed by atoms with Crippen molar-refractivity contribution in [3.05, 3.63) is 0 Å². The van der Waals surface area contributed by atoms with Gasteiger partial charge in [0.25, 0.3) is 0 Å². The highest BCUT2D eigenvalue weighted by Gasteiger charge is 2.36. The van der Waals surface area contributed by atoms with Crippen molar-refractivity contribution in [2.24, 2.45) is 0 Å². The lowest BCUT2D eigenvalue weighted by Gasteiger charge is -2.35. The maximum Gasteiger partial charge on any atom is 0.335 e. The third-order valence-electron chi connectivity index (χ3n) is 2.97. The molecular weight excluding hydrogens is 236 g/mol. The Balaban J connectivity index is 2.06. The minimum atomic E-state index is -1.79. The SMILES string of the molecule is CCCCCSCC[Si]1(C)OCCC(C)O1. The standard InChI is InChI=1S/C12H26O2SSi/c1-4-5-6-9-15-10-11-16(3)13-8-7-12(2)14-16/h12H,4-11H2,1-3H3. The normalized spacial score (nSPS) is 30.6. The first-order valence-corrected chi connectivity index (χ1v) is 10.2. The molecule has 0 N–H and O–H groups in total. The molecule has 1 aliphatic heterocycles. The van der Waals surface area contributed by atoms with Gasteiger partial charge >= 0.3 is 8.56 Å². The zero-order chi connectivity index (χ0) is 11.9. The van der Waals surface area contributed by atoms with E-state index < -0.39 is 8.56 Å². The van der Waals surface area contributed by atoms with Crippen molar-refractivity contribution in [3.63, 3.8) is 0 Å². The van der Waals surface area contributed by atoms with E-state index in [1.807, 2.05) is 0 Å². The van der Waals surface area contributed by atoms with E-state index in [2.05, 4.69) is 32.2 Å². The number of hydrogen-bond donors (Lipinski definition) is 0. The van der Waals surface area contributed by atoms with Crippen LogP contribution in [0.25, 0.3) is 0 Å². The van der Waals surface area contributed by atoms with E-state index in [1.165, 1.54) is 30.8 Å². The van der Waals surface area contributed by atoms with Gasteiger partial charge in [-0.25, -0.2) is 0 Å². The fraction of sp³-hybridized carbons (Fsp3) is 1.00. The van der Waals surface area contributed by atoms with Crippen molar-refractivity contribution in [1.29, 1.82) is 0 Å². The first-order chi connectivity index (χ1) is 7.66. The van der Waals surface area contributed by atoms with Crippen molar-refractivity contribution in [2.75, 3.05) is 18.1 Å². The second-order valence-corrected chi connectivity index (χ2v) is 9.29. The van der Waals surface area contributed by atoms with Crippen LogP contribution in [-0.4, -0.2) is 32.8 Å². The van der Waals surface area contributed by atoms with Gasteiger partial charge in [-0.3, -0.25) is 0 Å². The Morgan fingerprint density at radius 1 is 1.31 bits per heavy atom. The topological polar surface area (TPSA) is 18.5 Å². The van der Waals surface area contributed by atoms with Gasteiger partial charge in [0, 0.05) is 12.7 Å². The fourth-order valence-corrected chi connectivity index (χ4v) is 6.43. The van der Waals surface area contributed by atoms with Crippen molar-refractivity contribution >= 4 is 20.3 Å². The Morgan fingerprint density at radius 3 is 2.81 bits per heavy atom. The molecule has 1 heterocycles. The van der Waals surface area contributed by atoms with Crippen LogP contribution < -0.4 is 0 Å². The number of thioether (sulfide) groups is 1. The van der Waals surface area contributed by atoms with Gasteiger partial charge in [-0.1, -0.05) is 19.8 Å². The van der Waals surface area contributed by atoms with E-state index in [4.69, 9.17) is 8.85 Å². The van der Waals surface area contributed by atoms with Gasteiger partial charge < -0.3 is 8.85 Å². The highest BCUT2D eigenvalue weighted by molar-refractivity contribution is 7.99. The third kappa shape index (κ3) is 5.71. The molecule has 0 spiro atoms. The largest absolute Gasteiger partial charge is 0.394 e. The van der Waals surface area contributed by atoms with Crippen molar-refractivity contribution < 1.29 is 8.85 Å². The summed E-state index contributed by atoms with van der Waals surface area (Å²) in [6.45, 7) is 7.55. The summed E-state index contributed by atoms with van der Waals surface area (Å²) in [5.41, 5.74) is 0. The minimum absolute atomic E-state index is 0.413. The van der Waals surface area contributed by atoms with Crippen molar-refractivity contribution in [3.8, 4) is 0 Å². The van der Waals surface area contributed by atoms with Gasteiger partial charge in [0.2, 0.25) is 0 Å². The predicted octanol–water partition coefficient (Wildman–Crippen LogP) is 3.81. The molecule has 0 bridgehead atoms. The average molecular weight is 262 g/mol. The van der Waals surface area contributed by atoms with Crippen LogP contribution in [0.15, 0.2) is 0 Å². The van der Waals surface area contributed by atoms with E-state index in [-0.39, 0.29) is 0 Å². The molecule has 1 rings (SSSR count). The molecule has 0 saturated carbocycles. The van der Waals surface area contributed by atoms with Gasteiger partial charge in [0.05, 0.1) is 0 Å². The highest BCUT2D eigenvalue weighted by atomic mass is 32.2. The molecule has 0 aromatic rings. The van der Waals surface area contributed by atoms with Crippen LogP contribution in [0, 0.1) is 0 Å². The number of unbranched alkanes of at least 4 members (excludes halogenated alkanes) is 2. The Kier molecular flexibility index (Phi) is 7.04. The highest BCUT2D eigenvalue weighted by Crippen LogP contribution is 2.24. The molecule has 0 aromatic carbocycles. The molecule has 1 aliphatic rings. The second kappa shape index (κ2) is 7.74. The van der Waals surface area contributed by atoms with Crippen LogP contribution in [0.3, 0.4) is 0 Å². The van der Waals surface area contributed by atoms with Crippen molar-refractivity contribution in [2.45, 2.75) is 58.2 Å². The zero-order valence-electron chi connectivity index (χ0n) is 11.0. The fourth-order valence-electron chi connectivity index (χ4n) is 1.90. The summed E-state index contributed by atoms with van der Waals surface area (Å²) in [5, 5.41) is 0. The van der Waals surface area contributed by atoms with Gasteiger partial charge in [-0.15, -0.1) is 0 Å². The molecule has 96 valence electrons. The van der Waals surface area contributed by atoms with Crippen LogP contribution in [0.1, 0.15) is 39.5 Å². The number of hydrogen-bond acceptors (Lipinski definition) is 3. The minimum Gasteiger partial charge on any atom is -0.394 e. The first-order valence-electron chi connectivity index (χ1n) is 6.56. The van der Waals surface area contributed by atoms with Crippen LogP contribution in [-0.2, 0) is 8.85 Å². The molecule has 0 aromatic heterocycles. The molecule has 2 atom stereocenters. The maximum absolute atomic E-state index is 6.00. The summed E-state index contributed by atoms with van der Waals surface area (Å²) in [6.07, 6.45) is 5.52. The maximum atomic E-state index is 6.00. The Labute approximate surface area is 106 Å². The van der Waals surface area contributed by atoms with Crippen LogP contribution in [0.4, 0.5) is 0 Å². The monoisotopic (exact) mass is 262 g/mol. The molecule has 0 amide bonds. The summed E-state index contributed by atoms with van der Waals surface area (Å²) in [6, 6.07) is 1.15. The Morgan fingerprint density at radius 2 is 2.12 bits per heavy atom. The van der Waals surface area contributed by atoms with Crippen LogP contribution >= 0.6 is 11.8 Å². The molecule has 0 aliphatic carbocycles. The molecule has 16 heavy (non-hydrogen) atoms. The van der Waals surface area contributed by atoms with E-state index in [1.54, 1.807) is 0 Å². The summed E-state index contributed by atoms with van der Waals surface area (Å²) < 4.78 is 11.9. The van der Waals surface area contributed by atoms with Gasteiger partial charge in [-0.05, 0) is 43.9 Å². The summed E-state index contributed by atoms with van der Waals surface area (Å²) in [7, 11) is -1.79. The predicted molar refractivity (Wildman–Crippen MR) is 74.4 cm³/mol. The van der Waals surface area contributed by atoms with Gasteiger partial charge in [0.15, 0.2) is 0 Å². The smallest absolute Gasteiger partial charge is 0.335 e. The number of rotatable bonds is 7. The quantitative estimate of drug-likeness (QED) is 0.513. The van der Waals surface area contributed by atoms with Crippen LogP contribution in [0.5, 0.6) is 0 Å². The summed E-state index contributed by atoms with van der Waals surface area (Å²) >= 11 is 2.06. The van der Waals surface area contributed by atoms with E-state index in [0.29, 0.717) is 6.10 Å². The lowest BCUT2D eigenvalue weighted by atomic mass is 10.3. The molecular formula is C12H26O2SSi. The molecule has 4 heteroatoms. The molecule has 0 radical (unpaired) electrons. The van der Waals surface area contributed by atoms with Gasteiger partial charge in [-0.2, -0.15) is 11.8 Å². The average Bonchev–Trinajstić information content (AvgIpc) is 2.23. The first kappa shape index (κ1) is 14.5. The molecule has 1 fully saturated rings. The molecule has 2 nitrogen and oxygen atoms in total.